The molecule has 32 heavy (non-hydrogen) atoms. The zero-order valence-electron chi connectivity index (χ0n) is 20.4. The Morgan fingerprint density at radius 1 is 0.938 bits per heavy atom. The molecule has 1 aliphatic carbocycles. The summed E-state index contributed by atoms with van der Waals surface area (Å²) in [6.45, 7) is 9.50. The second-order valence-electron chi connectivity index (χ2n) is 9.40. The first-order chi connectivity index (χ1) is 15.2. The van der Waals surface area contributed by atoms with Gasteiger partial charge in [-0.3, -0.25) is 14.7 Å². The van der Waals surface area contributed by atoms with Crippen LogP contribution in [0, 0.1) is 0 Å². The summed E-state index contributed by atoms with van der Waals surface area (Å²) >= 11 is 0. The van der Waals surface area contributed by atoms with Crippen molar-refractivity contribution in [3.8, 4) is 0 Å². The van der Waals surface area contributed by atoms with Gasteiger partial charge in [0.05, 0.1) is 12.1 Å². The Morgan fingerprint density at radius 2 is 1.62 bits per heavy atom. The number of amides is 1. The Morgan fingerprint density at radius 3 is 2.28 bits per heavy atom. The number of nitrogens with one attached hydrogen (secondary N) is 1. The van der Waals surface area contributed by atoms with Crippen LogP contribution in [0.1, 0.15) is 71.1 Å². The molecule has 0 aromatic rings. The normalized spacial score (nSPS) is 22.0. The number of piperazine rings is 1. The van der Waals surface area contributed by atoms with E-state index in [4.69, 9.17) is 4.74 Å². The lowest BCUT2D eigenvalue weighted by Crippen LogP contribution is -2.57. The largest absolute Gasteiger partial charge is 0.378 e. The second-order valence-corrected chi connectivity index (χ2v) is 9.40. The quantitative estimate of drug-likeness (QED) is 0.202. The first kappa shape index (κ1) is 27.6. The van der Waals surface area contributed by atoms with Crippen LogP contribution >= 0.6 is 24.0 Å². The molecule has 8 heteroatoms. The van der Waals surface area contributed by atoms with Gasteiger partial charge in [0.15, 0.2) is 5.96 Å². The molecule has 1 atom stereocenters. The van der Waals surface area contributed by atoms with Crippen LogP contribution < -0.4 is 5.32 Å². The van der Waals surface area contributed by atoms with Gasteiger partial charge in [0, 0.05) is 59.5 Å². The number of guanidine groups is 1. The summed E-state index contributed by atoms with van der Waals surface area (Å²) in [6, 6.07) is -0.00828. The average molecular weight is 564 g/mol. The third-order valence-electron chi connectivity index (χ3n) is 7.16. The minimum absolute atomic E-state index is 0. The van der Waals surface area contributed by atoms with E-state index in [0.717, 1.165) is 84.1 Å². The van der Waals surface area contributed by atoms with Crippen LogP contribution in [0.3, 0.4) is 0 Å². The molecule has 2 saturated heterocycles. The summed E-state index contributed by atoms with van der Waals surface area (Å²) in [6.07, 6.45) is 12.9. The monoisotopic (exact) mass is 563 g/mol. The molecule has 186 valence electrons. The third kappa shape index (κ3) is 8.63. The fourth-order valence-corrected chi connectivity index (χ4v) is 5.10. The molecule has 3 aliphatic rings. The molecule has 7 nitrogen and oxygen atoms in total. The van der Waals surface area contributed by atoms with E-state index in [1.54, 1.807) is 0 Å². The highest BCUT2D eigenvalue weighted by atomic mass is 127. The Labute approximate surface area is 212 Å². The number of aliphatic imine (C=N–C) groups is 1. The Bertz CT molecular complexity index is 557. The van der Waals surface area contributed by atoms with Crippen molar-refractivity contribution in [2.24, 2.45) is 4.99 Å². The third-order valence-corrected chi connectivity index (χ3v) is 7.16. The number of ether oxygens (including phenoxy) is 1. The smallest absolute Gasteiger partial charge is 0.239 e. The fourth-order valence-electron chi connectivity index (χ4n) is 5.10. The van der Waals surface area contributed by atoms with E-state index in [1.807, 2.05) is 11.9 Å². The standard InChI is InChI=1S/C24H45N5O2.HI/c1-21(23(30)28-14-8-9-15-28)27-16-18-29(19-17-27)24(25-2)26-13-7-4-10-20-31-22-11-5-3-6-12-22;/h21-22H,3-20H2,1-2H3,(H,25,26);1H. The lowest BCUT2D eigenvalue weighted by atomic mass is 9.98. The maximum atomic E-state index is 12.7. The first-order valence-corrected chi connectivity index (χ1v) is 12.8. The minimum Gasteiger partial charge on any atom is -0.378 e. The number of carbonyl (C=O) groups excluding carboxylic acids is 1. The maximum Gasteiger partial charge on any atom is 0.239 e. The SMILES string of the molecule is CN=C(NCCCCCOC1CCCCC1)N1CCN(C(C)C(=O)N2CCCC2)CC1.I. The van der Waals surface area contributed by atoms with Crippen molar-refractivity contribution < 1.29 is 9.53 Å². The minimum atomic E-state index is -0.00828. The maximum absolute atomic E-state index is 12.7. The van der Waals surface area contributed by atoms with Crippen LogP contribution in [0.2, 0.25) is 0 Å². The predicted octanol–water partition coefficient (Wildman–Crippen LogP) is 3.33. The Kier molecular flexibility index (Phi) is 13.2. The summed E-state index contributed by atoms with van der Waals surface area (Å²) in [4.78, 5) is 23.9. The molecule has 1 unspecified atom stereocenters. The van der Waals surface area contributed by atoms with Crippen LogP contribution in [0.15, 0.2) is 4.99 Å². The van der Waals surface area contributed by atoms with E-state index < -0.39 is 0 Å². The van der Waals surface area contributed by atoms with Gasteiger partial charge in [-0.05, 0) is 51.9 Å². The number of unbranched alkanes of at least 4 members (excludes halogenated alkanes) is 2. The van der Waals surface area contributed by atoms with E-state index in [2.05, 4.69) is 27.0 Å². The van der Waals surface area contributed by atoms with Gasteiger partial charge >= 0.3 is 0 Å². The molecule has 0 radical (unpaired) electrons. The number of nitrogens with zero attached hydrogens (tertiary/aromatic N) is 4. The first-order valence-electron chi connectivity index (χ1n) is 12.8. The van der Waals surface area contributed by atoms with Gasteiger partial charge in [-0.2, -0.15) is 0 Å². The van der Waals surface area contributed by atoms with Crippen molar-refractivity contribution in [2.45, 2.75) is 83.3 Å². The van der Waals surface area contributed by atoms with Crippen LogP contribution in [-0.2, 0) is 9.53 Å². The molecule has 0 aromatic carbocycles. The Balaban J connectivity index is 0.00000363. The van der Waals surface area contributed by atoms with Crippen molar-refractivity contribution in [1.29, 1.82) is 0 Å². The number of carbonyl (C=O) groups is 1. The van der Waals surface area contributed by atoms with Gasteiger partial charge in [0.1, 0.15) is 0 Å². The van der Waals surface area contributed by atoms with Crippen molar-refractivity contribution in [3.05, 3.63) is 0 Å². The molecule has 0 bridgehead atoms. The summed E-state index contributed by atoms with van der Waals surface area (Å²) in [5.74, 6) is 1.30. The van der Waals surface area contributed by atoms with Crippen LogP contribution in [0.5, 0.6) is 0 Å². The summed E-state index contributed by atoms with van der Waals surface area (Å²) in [7, 11) is 1.87. The topological polar surface area (TPSA) is 60.4 Å². The molecule has 2 aliphatic heterocycles. The van der Waals surface area contributed by atoms with Gasteiger partial charge < -0.3 is 19.9 Å². The summed E-state index contributed by atoms with van der Waals surface area (Å²) in [5.41, 5.74) is 0. The van der Waals surface area contributed by atoms with Gasteiger partial charge in [-0.25, -0.2) is 0 Å². The Hall–Kier alpha value is -0.610. The van der Waals surface area contributed by atoms with E-state index in [0.29, 0.717) is 12.0 Å². The molecule has 2 heterocycles. The second kappa shape index (κ2) is 15.3. The lowest BCUT2D eigenvalue weighted by molar-refractivity contribution is -0.135. The number of likely N-dealkylation sites (tertiary alicyclic amines) is 1. The number of hydrogen-bond donors (Lipinski definition) is 1. The van der Waals surface area contributed by atoms with Crippen LogP contribution in [0.25, 0.3) is 0 Å². The lowest BCUT2D eigenvalue weighted by Gasteiger charge is -2.39. The van der Waals surface area contributed by atoms with Crippen LogP contribution in [0.4, 0.5) is 0 Å². The number of rotatable bonds is 9. The highest BCUT2D eigenvalue weighted by Gasteiger charge is 2.30. The molecular weight excluding hydrogens is 517 g/mol. The molecule has 3 fully saturated rings. The molecular formula is C24H46IN5O2. The van der Waals surface area contributed by atoms with Crippen molar-refractivity contribution in [3.63, 3.8) is 0 Å². The summed E-state index contributed by atoms with van der Waals surface area (Å²) in [5, 5.41) is 3.53. The number of hydrogen-bond acceptors (Lipinski definition) is 4. The van der Waals surface area contributed by atoms with Crippen molar-refractivity contribution >= 4 is 35.8 Å². The fraction of sp³-hybridized carbons (Fsp3) is 0.917. The van der Waals surface area contributed by atoms with Crippen molar-refractivity contribution in [2.75, 3.05) is 59.5 Å². The zero-order valence-corrected chi connectivity index (χ0v) is 22.7. The molecule has 1 amide bonds. The average Bonchev–Trinajstić information content (AvgIpc) is 3.36. The highest BCUT2D eigenvalue weighted by Crippen LogP contribution is 2.20. The van der Waals surface area contributed by atoms with Gasteiger partial charge in [-0.1, -0.05) is 19.3 Å². The van der Waals surface area contributed by atoms with Gasteiger partial charge in [0.2, 0.25) is 5.91 Å². The van der Waals surface area contributed by atoms with Gasteiger partial charge in [0.25, 0.3) is 0 Å². The van der Waals surface area contributed by atoms with E-state index >= 15 is 0 Å². The van der Waals surface area contributed by atoms with E-state index in [9.17, 15) is 4.79 Å². The summed E-state index contributed by atoms with van der Waals surface area (Å²) < 4.78 is 6.02. The number of halogens is 1. The molecule has 3 rings (SSSR count). The predicted molar refractivity (Wildman–Crippen MR) is 142 cm³/mol. The van der Waals surface area contributed by atoms with E-state index in [1.165, 1.54) is 38.5 Å². The van der Waals surface area contributed by atoms with Gasteiger partial charge in [-0.15, -0.1) is 24.0 Å². The molecule has 0 aromatic heterocycles. The molecule has 1 N–H and O–H groups in total. The molecule has 0 spiro atoms. The zero-order chi connectivity index (χ0) is 21.9. The van der Waals surface area contributed by atoms with Crippen molar-refractivity contribution in [1.82, 2.24) is 20.0 Å². The highest BCUT2D eigenvalue weighted by molar-refractivity contribution is 14.0. The molecule has 1 saturated carbocycles. The van der Waals surface area contributed by atoms with Crippen LogP contribution in [-0.4, -0.2) is 98.2 Å². The van der Waals surface area contributed by atoms with E-state index in [-0.39, 0.29) is 30.0 Å².